The molecule has 0 bridgehead atoms. The van der Waals surface area contributed by atoms with Crippen molar-refractivity contribution in [2.45, 2.75) is 19.4 Å². The summed E-state index contributed by atoms with van der Waals surface area (Å²) in [6.07, 6.45) is 0.247. The molecule has 0 aliphatic rings. The van der Waals surface area contributed by atoms with Gasteiger partial charge in [-0.15, -0.1) is 0 Å². The van der Waals surface area contributed by atoms with Gasteiger partial charge in [0.1, 0.15) is 5.82 Å². The van der Waals surface area contributed by atoms with E-state index in [4.69, 9.17) is 5.73 Å². The highest BCUT2D eigenvalue weighted by Crippen LogP contribution is 2.19. The largest absolute Gasteiger partial charge is 0.342 e. The summed E-state index contributed by atoms with van der Waals surface area (Å²) < 4.78 is 0. The van der Waals surface area contributed by atoms with Gasteiger partial charge in [0.25, 0.3) is 0 Å². The first-order valence-electron chi connectivity index (χ1n) is 6.14. The molecule has 0 fully saturated rings. The van der Waals surface area contributed by atoms with Crippen molar-refractivity contribution in [1.82, 2.24) is 20.4 Å². The van der Waals surface area contributed by atoms with Gasteiger partial charge in [-0.3, -0.25) is 10.2 Å². The average Bonchev–Trinajstić information content (AvgIpc) is 2.66. The standard InChI is InChI=1S/C13H19N5O/c1-8-15-11-5-4-9(6-12(11)16-8)10(14)7-13(19)17-18(2)3/h4-6,10H,7,14H2,1-3H3,(H,15,16)(H,17,19). The Morgan fingerprint density at radius 3 is 2.95 bits per heavy atom. The second-order valence-corrected chi connectivity index (χ2v) is 4.84. The Balaban J connectivity index is 2.12. The Hall–Kier alpha value is -1.92. The molecule has 0 saturated carbocycles. The highest BCUT2D eigenvalue weighted by atomic mass is 16.2. The van der Waals surface area contributed by atoms with Crippen LogP contribution in [-0.4, -0.2) is 35.0 Å². The van der Waals surface area contributed by atoms with Gasteiger partial charge in [0.2, 0.25) is 5.91 Å². The van der Waals surface area contributed by atoms with Crippen molar-refractivity contribution in [3.8, 4) is 0 Å². The zero-order valence-corrected chi connectivity index (χ0v) is 11.4. The van der Waals surface area contributed by atoms with E-state index in [-0.39, 0.29) is 18.4 Å². The van der Waals surface area contributed by atoms with Gasteiger partial charge < -0.3 is 10.7 Å². The number of rotatable bonds is 4. The number of amides is 1. The summed E-state index contributed by atoms with van der Waals surface area (Å²) >= 11 is 0. The van der Waals surface area contributed by atoms with Gasteiger partial charge in [0.05, 0.1) is 11.0 Å². The van der Waals surface area contributed by atoms with Crippen LogP contribution in [0.15, 0.2) is 18.2 Å². The number of carbonyl (C=O) groups is 1. The van der Waals surface area contributed by atoms with E-state index in [0.717, 1.165) is 22.4 Å². The van der Waals surface area contributed by atoms with E-state index in [1.165, 1.54) is 0 Å². The molecule has 6 nitrogen and oxygen atoms in total. The van der Waals surface area contributed by atoms with Gasteiger partial charge >= 0.3 is 0 Å². The van der Waals surface area contributed by atoms with E-state index in [2.05, 4.69) is 15.4 Å². The lowest BCUT2D eigenvalue weighted by molar-refractivity contribution is -0.125. The van der Waals surface area contributed by atoms with Crippen LogP contribution in [0.5, 0.6) is 0 Å². The van der Waals surface area contributed by atoms with Crippen LogP contribution in [0.4, 0.5) is 0 Å². The fourth-order valence-electron chi connectivity index (χ4n) is 2.00. The Morgan fingerprint density at radius 2 is 2.26 bits per heavy atom. The van der Waals surface area contributed by atoms with E-state index < -0.39 is 0 Å². The number of hydrogen-bond acceptors (Lipinski definition) is 4. The number of nitrogens with one attached hydrogen (secondary N) is 2. The Morgan fingerprint density at radius 1 is 1.53 bits per heavy atom. The van der Waals surface area contributed by atoms with E-state index in [1.807, 2.05) is 25.1 Å². The van der Waals surface area contributed by atoms with Crippen LogP contribution >= 0.6 is 0 Å². The number of aromatic amines is 1. The zero-order chi connectivity index (χ0) is 14.0. The number of nitrogens with two attached hydrogens (primary N) is 1. The minimum Gasteiger partial charge on any atom is -0.342 e. The molecule has 2 rings (SSSR count). The minimum atomic E-state index is -0.326. The van der Waals surface area contributed by atoms with Crippen LogP contribution in [0, 0.1) is 6.92 Å². The lowest BCUT2D eigenvalue weighted by atomic mass is 10.0. The first-order chi connectivity index (χ1) is 8.95. The van der Waals surface area contributed by atoms with E-state index >= 15 is 0 Å². The summed E-state index contributed by atoms with van der Waals surface area (Å²) in [6.45, 7) is 1.91. The smallest absolute Gasteiger partial charge is 0.236 e. The minimum absolute atomic E-state index is 0.0987. The number of imidazole rings is 1. The number of carbonyl (C=O) groups excluding carboxylic acids is 1. The Bertz CT molecular complexity index is 590. The van der Waals surface area contributed by atoms with Gasteiger partial charge in [-0.25, -0.2) is 9.99 Å². The van der Waals surface area contributed by atoms with E-state index in [9.17, 15) is 4.79 Å². The molecule has 0 aliphatic carbocycles. The molecule has 1 amide bonds. The number of hydrogen-bond donors (Lipinski definition) is 3. The van der Waals surface area contributed by atoms with Crippen LogP contribution in [-0.2, 0) is 4.79 Å². The van der Waals surface area contributed by atoms with Crippen molar-refractivity contribution < 1.29 is 4.79 Å². The molecule has 1 aromatic carbocycles. The van der Waals surface area contributed by atoms with Gasteiger partial charge in [0, 0.05) is 26.6 Å². The lowest BCUT2D eigenvalue weighted by Crippen LogP contribution is -2.37. The summed E-state index contributed by atoms with van der Waals surface area (Å²) in [4.78, 5) is 19.1. The molecule has 1 aromatic heterocycles. The highest BCUT2D eigenvalue weighted by Gasteiger charge is 2.13. The predicted molar refractivity (Wildman–Crippen MR) is 74.2 cm³/mol. The van der Waals surface area contributed by atoms with Crippen molar-refractivity contribution in [2.24, 2.45) is 5.73 Å². The van der Waals surface area contributed by atoms with E-state index in [0.29, 0.717) is 0 Å². The third-order valence-corrected chi connectivity index (χ3v) is 2.81. The molecule has 1 atom stereocenters. The number of benzene rings is 1. The van der Waals surface area contributed by atoms with Crippen molar-refractivity contribution in [2.75, 3.05) is 14.1 Å². The molecule has 0 radical (unpaired) electrons. The maximum Gasteiger partial charge on any atom is 0.236 e. The molecule has 2 aromatic rings. The number of aromatic nitrogens is 2. The number of aryl methyl sites for hydroxylation is 1. The molecular weight excluding hydrogens is 242 g/mol. The Kier molecular flexibility index (Phi) is 3.82. The quantitative estimate of drug-likeness (QED) is 0.712. The van der Waals surface area contributed by atoms with Crippen LogP contribution in [0.3, 0.4) is 0 Å². The molecule has 19 heavy (non-hydrogen) atoms. The summed E-state index contributed by atoms with van der Waals surface area (Å²) in [6, 6.07) is 5.45. The van der Waals surface area contributed by atoms with Crippen molar-refractivity contribution in [3.05, 3.63) is 29.6 Å². The first kappa shape index (κ1) is 13.5. The van der Waals surface area contributed by atoms with Crippen LogP contribution in [0.25, 0.3) is 11.0 Å². The zero-order valence-electron chi connectivity index (χ0n) is 11.4. The van der Waals surface area contributed by atoms with Gasteiger partial charge in [0.15, 0.2) is 0 Å². The third kappa shape index (κ3) is 3.30. The Labute approximate surface area is 112 Å². The number of nitrogens with zero attached hydrogens (tertiary/aromatic N) is 2. The second-order valence-electron chi connectivity index (χ2n) is 4.84. The van der Waals surface area contributed by atoms with E-state index in [1.54, 1.807) is 19.1 Å². The summed E-state index contributed by atoms with van der Waals surface area (Å²) in [5, 5.41) is 1.61. The first-order valence-corrected chi connectivity index (χ1v) is 6.14. The maximum absolute atomic E-state index is 11.7. The monoisotopic (exact) mass is 261 g/mol. The summed E-state index contributed by atoms with van der Waals surface area (Å²) in [5.74, 6) is 0.768. The number of H-pyrrole nitrogens is 1. The van der Waals surface area contributed by atoms with Gasteiger partial charge in [-0.05, 0) is 24.6 Å². The van der Waals surface area contributed by atoms with Crippen LogP contribution in [0.2, 0.25) is 0 Å². The van der Waals surface area contributed by atoms with Crippen LogP contribution in [0.1, 0.15) is 23.9 Å². The number of hydrazine groups is 1. The SMILES string of the molecule is Cc1nc2ccc(C(N)CC(=O)NN(C)C)cc2[nH]1. The van der Waals surface area contributed by atoms with Crippen molar-refractivity contribution in [1.29, 1.82) is 0 Å². The number of fused-ring (bicyclic) bond motifs is 1. The molecule has 0 saturated heterocycles. The molecular formula is C13H19N5O. The second kappa shape index (κ2) is 5.38. The molecule has 1 heterocycles. The topological polar surface area (TPSA) is 87.0 Å². The molecule has 102 valence electrons. The molecule has 6 heteroatoms. The van der Waals surface area contributed by atoms with Gasteiger partial charge in [-0.2, -0.15) is 0 Å². The van der Waals surface area contributed by atoms with Crippen molar-refractivity contribution >= 4 is 16.9 Å². The third-order valence-electron chi connectivity index (χ3n) is 2.81. The molecule has 0 aliphatic heterocycles. The molecule has 0 spiro atoms. The van der Waals surface area contributed by atoms with Gasteiger partial charge in [-0.1, -0.05) is 6.07 Å². The molecule has 4 N–H and O–H groups in total. The predicted octanol–water partition coefficient (Wildman–Crippen LogP) is 0.854. The molecule has 1 unspecified atom stereocenters. The van der Waals surface area contributed by atoms with Crippen LogP contribution < -0.4 is 11.2 Å². The van der Waals surface area contributed by atoms with Crippen molar-refractivity contribution in [3.63, 3.8) is 0 Å². The summed E-state index contributed by atoms with van der Waals surface area (Å²) in [7, 11) is 3.53. The fraction of sp³-hybridized carbons (Fsp3) is 0.385. The lowest BCUT2D eigenvalue weighted by Gasteiger charge is -2.15. The average molecular weight is 261 g/mol. The summed E-state index contributed by atoms with van der Waals surface area (Å²) in [5.41, 5.74) is 11.5. The maximum atomic E-state index is 11.7. The highest BCUT2D eigenvalue weighted by molar-refractivity contribution is 5.78. The fourth-order valence-corrected chi connectivity index (χ4v) is 2.00. The normalized spacial score (nSPS) is 12.9.